The number of nitrogens with one attached hydrogen (secondary N) is 1. The molecule has 6 rings (SSSR count). The molecule has 0 unspecified atom stereocenters. The third-order valence-electron chi connectivity index (χ3n) is 6.40. The monoisotopic (exact) mass is 499 g/mol. The van der Waals surface area contributed by atoms with Crippen molar-refractivity contribution in [3.05, 3.63) is 89.1 Å². The number of aryl methyl sites for hydroxylation is 1. The van der Waals surface area contributed by atoms with Crippen molar-refractivity contribution in [3.63, 3.8) is 0 Å². The Kier molecular flexibility index (Phi) is 5.52. The molecule has 0 saturated carbocycles. The first-order chi connectivity index (χ1) is 18.0. The van der Waals surface area contributed by atoms with Crippen LogP contribution in [0.5, 0.6) is 11.5 Å². The summed E-state index contributed by atoms with van der Waals surface area (Å²) >= 11 is 0. The molecule has 1 aliphatic rings. The summed E-state index contributed by atoms with van der Waals surface area (Å²) < 4.78 is 29.2. The first kappa shape index (κ1) is 22.7. The van der Waals surface area contributed by atoms with Gasteiger partial charge in [-0.05, 0) is 31.2 Å². The summed E-state index contributed by atoms with van der Waals surface area (Å²) in [4.78, 5) is 12.9. The Labute approximate surface area is 210 Å². The van der Waals surface area contributed by atoms with Crippen molar-refractivity contribution in [2.45, 2.75) is 25.9 Å². The predicted octanol–water partition coefficient (Wildman–Crippen LogP) is 3.82. The SMILES string of the molecule is COc1cccc([C@@H]2CC(=O)Nc3c2c(C)nn3-c2ccc3nncn3n2)c1OCc1ccccc1F. The lowest BCUT2D eigenvalue weighted by atomic mass is 9.85. The summed E-state index contributed by atoms with van der Waals surface area (Å²) in [5.41, 5.74) is 3.33. The van der Waals surface area contributed by atoms with Crippen molar-refractivity contribution in [2.75, 3.05) is 12.4 Å². The summed E-state index contributed by atoms with van der Waals surface area (Å²) in [6.07, 6.45) is 1.68. The van der Waals surface area contributed by atoms with Crippen LogP contribution >= 0.6 is 0 Å². The van der Waals surface area contributed by atoms with Gasteiger partial charge in [0.25, 0.3) is 0 Å². The van der Waals surface area contributed by atoms with Gasteiger partial charge >= 0.3 is 0 Å². The van der Waals surface area contributed by atoms with E-state index in [1.807, 2.05) is 19.1 Å². The number of fused-ring (bicyclic) bond motifs is 2. The zero-order chi connectivity index (χ0) is 25.5. The molecule has 2 aromatic carbocycles. The van der Waals surface area contributed by atoms with Crippen molar-refractivity contribution in [3.8, 4) is 17.3 Å². The van der Waals surface area contributed by atoms with E-state index in [0.717, 1.165) is 16.8 Å². The average Bonchev–Trinajstić information content (AvgIpc) is 3.51. The van der Waals surface area contributed by atoms with Crippen LogP contribution in [-0.2, 0) is 11.4 Å². The molecule has 5 aromatic rings. The number of aromatic nitrogens is 6. The standard InChI is InChI=1S/C26H22FN7O3/c1-15-24-18(17-7-5-9-20(36-2)25(17)37-13-16-6-3-4-8-19(16)27)12-23(35)29-26(24)34(31-15)22-11-10-21-30-28-14-33(21)32-22/h3-11,14,18H,12-13H2,1-2H3,(H,29,35)/t18-/m0/s1. The third-order valence-corrected chi connectivity index (χ3v) is 6.40. The molecule has 37 heavy (non-hydrogen) atoms. The Hall–Kier alpha value is -4.80. The van der Waals surface area contributed by atoms with Gasteiger partial charge in [0.2, 0.25) is 5.91 Å². The fourth-order valence-corrected chi connectivity index (χ4v) is 4.70. The molecule has 1 atom stereocenters. The normalized spacial score (nSPS) is 14.9. The number of anilines is 1. The van der Waals surface area contributed by atoms with Crippen LogP contribution in [0, 0.1) is 12.7 Å². The molecule has 1 aliphatic heterocycles. The summed E-state index contributed by atoms with van der Waals surface area (Å²) in [5.74, 6) is 1.07. The number of halogens is 1. The molecule has 0 bridgehead atoms. The Morgan fingerprint density at radius 1 is 1.11 bits per heavy atom. The molecule has 4 heterocycles. The van der Waals surface area contributed by atoms with Gasteiger partial charge in [0.05, 0.1) is 12.8 Å². The van der Waals surface area contributed by atoms with Crippen molar-refractivity contribution in [1.82, 2.24) is 29.6 Å². The lowest BCUT2D eigenvalue weighted by Gasteiger charge is -2.26. The van der Waals surface area contributed by atoms with E-state index in [4.69, 9.17) is 14.6 Å². The zero-order valence-electron chi connectivity index (χ0n) is 20.1. The van der Waals surface area contributed by atoms with Crippen LogP contribution in [0.1, 0.15) is 34.7 Å². The number of carbonyl (C=O) groups excluding carboxylic acids is 1. The van der Waals surface area contributed by atoms with Crippen LogP contribution in [0.2, 0.25) is 0 Å². The number of ether oxygens (including phenoxy) is 2. The van der Waals surface area contributed by atoms with Crippen LogP contribution in [0.25, 0.3) is 11.5 Å². The van der Waals surface area contributed by atoms with Gasteiger partial charge in [-0.3, -0.25) is 4.79 Å². The lowest BCUT2D eigenvalue weighted by Crippen LogP contribution is -2.25. The number of methoxy groups -OCH3 is 1. The van der Waals surface area contributed by atoms with Crippen molar-refractivity contribution in [1.29, 1.82) is 0 Å². The third kappa shape index (κ3) is 3.94. The van der Waals surface area contributed by atoms with E-state index in [-0.39, 0.29) is 30.7 Å². The highest BCUT2D eigenvalue weighted by molar-refractivity contribution is 5.95. The maximum atomic E-state index is 14.3. The molecule has 0 aliphatic carbocycles. The molecular weight excluding hydrogens is 477 g/mol. The second-order valence-corrected chi connectivity index (χ2v) is 8.65. The quantitative estimate of drug-likeness (QED) is 0.378. The van der Waals surface area contributed by atoms with Crippen molar-refractivity contribution in [2.24, 2.45) is 0 Å². The summed E-state index contributed by atoms with van der Waals surface area (Å²) in [5, 5.41) is 20.0. The number of rotatable bonds is 6. The maximum Gasteiger partial charge on any atom is 0.226 e. The molecule has 0 saturated heterocycles. The van der Waals surface area contributed by atoms with Gasteiger partial charge in [-0.25, -0.2) is 4.39 Å². The van der Waals surface area contributed by atoms with Crippen LogP contribution in [-0.4, -0.2) is 42.6 Å². The number of para-hydroxylation sites is 1. The number of amides is 1. The largest absolute Gasteiger partial charge is 0.493 e. The van der Waals surface area contributed by atoms with Gasteiger partial charge in [0.15, 0.2) is 23.0 Å². The molecule has 0 spiro atoms. The minimum Gasteiger partial charge on any atom is -0.493 e. The number of carbonyl (C=O) groups is 1. The molecular formula is C26H22FN7O3. The topological polar surface area (TPSA) is 108 Å². The van der Waals surface area contributed by atoms with Gasteiger partial charge < -0.3 is 14.8 Å². The Morgan fingerprint density at radius 3 is 2.81 bits per heavy atom. The smallest absolute Gasteiger partial charge is 0.226 e. The molecule has 0 radical (unpaired) electrons. The van der Waals surface area contributed by atoms with Crippen molar-refractivity contribution >= 4 is 17.4 Å². The summed E-state index contributed by atoms with van der Waals surface area (Å²) in [6.45, 7) is 1.89. The van der Waals surface area contributed by atoms with E-state index in [0.29, 0.717) is 34.3 Å². The van der Waals surface area contributed by atoms with E-state index < -0.39 is 0 Å². The Balaban J connectivity index is 1.44. The number of hydrogen-bond acceptors (Lipinski definition) is 7. The molecule has 0 fully saturated rings. The zero-order valence-corrected chi connectivity index (χ0v) is 20.1. The number of nitrogens with zero attached hydrogens (tertiary/aromatic N) is 6. The van der Waals surface area contributed by atoms with Crippen LogP contribution in [0.15, 0.2) is 60.9 Å². The molecule has 186 valence electrons. The maximum absolute atomic E-state index is 14.3. The van der Waals surface area contributed by atoms with E-state index in [1.54, 1.807) is 48.2 Å². The fourth-order valence-electron chi connectivity index (χ4n) is 4.70. The van der Waals surface area contributed by atoms with E-state index in [2.05, 4.69) is 20.6 Å². The van der Waals surface area contributed by atoms with Crippen LogP contribution in [0.4, 0.5) is 10.2 Å². The van der Waals surface area contributed by atoms with E-state index >= 15 is 0 Å². The van der Waals surface area contributed by atoms with Gasteiger partial charge in [-0.2, -0.15) is 14.3 Å². The predicted molar refractivity (Wildman–Crippen MR) is 131 cm³/mol. The number of benzene rings is 2. The summed E-state index contributed by atoms with van der Waals surface area (Å²) in [7, 11) is 1.55. The highest BCUT2D eigenvalue weighted by atomic mass is 19.1. The van der Waals surface area contributed by atoms with E-state index in [9.17, 15) is 9.18 Å². The Bertz CT molecular complexity index is 1640. The van der Waals surface area contributed by atoms with Crippen LogP contribution < -0.4 is 14.8 Å². The van der Waals surface area contributed by atoms with Gasteiger partial charge in [0.1, 0.15) is 24.6 Å². The minimum atomic E-state index is -0.373. The minimum absolute atomic E-state index is 0.00688. The molecule has 11 heteroatoms. The van der Waals surface area contributed by atoms with Gasteiger partial charge in [-0.15, -0.1) is 15.3 Å². The first-order valence-electron chi connectivity index (χ1n) is 11.6. The second kappa shape index (κ2) is 9.01. The highest BCUT2D eigenvalue weighted by Crippen LogP contribution is 2.46. The van der Waals surface area contributed by atoms with Crippen LogP contribution in [0.3, 0.4) is 0 Å². The highest BCUT2D eigenvalue weighted by Gasteiger charge is 2.35. The molecule has 1 N–H and O–H groups in total. The fraction of sp³-hybridized carbons (Fsp3) is 0.192. The Morgan fingerprint density at radius 2 is 1.97 bits per heavy atom. The van der Waals surface area contributed by atoms with E-state index in [1.165, 1.54) is 16.9 Å². The average molecular weight is 500 g/mol. The van der Waals surface area contributed by atoms with Gasteiger partial charge in [-0.1, -0.05) is 30.3 Å². The lowest BCUT2D eigenvalue weighted by molar-refractivity contribution is -0.116. The first-order valence-corrected chi connectivity index (χ1v) is 11.6. The molecule has 3 aromatic heterocycles. The number of hydrogen-bond donors (Lipinski definition) is 1. The molecule has 10 nitrogen and oxygen atoms in total. The van der Waals surface area contributed by atoms with Crippen molar-refractivity contribution < 1.29 is 18.7 Å². The molecule has 1 amide bonds. The van der Waals surface area contributed by atoms with Gasteiger partial charge in [0, 0.05) is 29.0 Å². The summed E-state index contributed by atoms with van der Waals surface area (Å²) in [6, 6.07) is 15.5. The second-order valence-electron chi connectivity index (χ2n) is 8.65.